The molecule has 1 aliphatic heterocycles. The van der Waals surface area contributed by atoms with Crippen molar-refractivity contribution < 1.29 is 14.4 Å². The lowest BCUT2D eigenvalue weighted by atomic mass is 9.92. The van der Waals surface area contributed by atoms with E-state index in [2.05, 4.69) is 17.2 Å². The van der Waals surface area contributed by atoms with Crippen molar-refractivity contribution in [2.45, 2.75) is 18.4 Å². The van der Waals surface area contributed by atoms with E-state index in [1.54, 1.807) is 6.08 Å². The molecule has 1 saturated heterocycles. The van der Waals surface area contributed by atoms with Crippen LogP contribution in [0.4, 0.5) is 4.79 Å². The van der Waals surface area contributed by atoms with Crippen LogP contribution in [0.2, 0.25) is 0 Å². The van der Waals surface area contributed by atoms with Crippen LogP contribution in [-0.2, 0) is 21.5 Å². The Balaban J connectivity index is 1.84. The molecule has 0 radical (unpaired) electrons. The third-order valence-corrected chi connectivity index (χ3v) is 4.17. The van der Waals surface area contributed by atoms with Gasteiger partial charge < -0.3 is 10.6 Å². The van der Waals surface area contributed by atoms with Crippen molar-refractivity contribution >= 4 is 17.8 Å². The molecule has 3 rings (SSSR count). The molecule has 1 aliphatic carbocycles. The normalized spacial score (nSPS) is 22.6. The van der Waals surface area contributed by atoms with Crippen LogP contribution in [0.3, 0.4) is 0 Å². The second kappa shape index (κ2) is 5.29. The molecule has 4 amide bonds. The molecule has 1 fully saturated rings. The van der Waals surface area contributed by atoms with Crippen LogP contribution < -0.4 is 10.6 Å². The predicted octanol–water partition coefficient (Wildman–Crippen LogP) is 0.682. The summed E-state index contributed by atoms with van der Waals surface area (Å²) in [4.78, 5) is 37.7. The number of carbonyl (C=O) groups is 3. The zero-order chi connectivity index (χ0) is 15.7. The van der Waals surface area contributed by atoms with Crippen LogP contribution in [0.5, 0.6) is 0 Å². The smallest absolute Gasteiger partial charge is 0.325 e. The number of fused-ring (bicyclic) bond motifs is 2. The molecule has 1 heterocycles. The van der Waals surface area contributed by atoms with Gasteiger partial charge >= 0.3 is 6.03 Å². The molecule has 6 nitrogen and oxygen atoms in total. The fourth-order valence-corrected chi connectivity index (χ4v) is 3.12. The van der Waals surface area contributed by atoms with Gasteiger partial charge in [-0.1, -0.05) is 30.3 Å². The van der Waals surface area contributed by atoms with Crippen LogP contribution in [0.1, 0.15) is 17.5 Å². The Kier molecular flexibility index (Phi) is 3.44. The second-order valence-electron chi connectivity index (χ2n) is 5.48. The first kappa shape index (κ1) is 14.3. The van der Waals surface area contributed by atoms with Crippen molar-refractivity contribution in [3.05, 3.63) is 48.0 Å². The Labute approximate surface area is 128 Å². The number of imide groups is 1. The average Bonchev–Trinajstić information content (AvgIpc) is 3.00. The molecular formula is C16H17N3O3. The highest BCUT2D eigenvalue weighted by Crippen LogP contribution is 2.41. The van der Waals surface area contributed by atoms with E-state index in [0.29, 0.717) is 13.0 Å². The summed E-state index contributed by atoms with van der Waals surface area (Å²) in [5.74, 6) is -0.733. The molecule has 0 aromatic heterocycles. The van der Waals surface area contributed by atoms with E-state index >= 15 is 0 Å². The highest BCUT2D eigenvalue weighted by molar-refractivity contribution is 6.09. The highest BCUT2D eigenvalue weighted by Gasteiger charge is 2.55. The van der Waals surface area contributed by atoms with E-state index in [4.69, 9.17) is 0 Å². The van der Waals surface area contributed by atoms with Gasteiger partial charge in [0.05, 0.1) is 0 Å². The predicted molar refractivity (Wildman–Crippen MR) is 79.9 cm³/mol. The van der Waals surface area contributed by atoms with E-state index in [1.165, 1.54) is 0 Å². The molecule has 1 aromatic rings. The van der Waals surface area contributed by atoms with Gasteiger partial charge in [0.25, 0.3) is 5.91 Å². The molecule has 2 aliphatic rings. The van der Waals surface area contributed by atoms with Crippen molar-refractivity contribution in [3.63, 3.8) is 0 Å². The maximum absolute atomic E-state index is 12.8. The summed E-state index contributed by atoms with van der Waals surface area (Å²) >= 11 is 0. The van der Waals surface area contributed by atoms with Gasteiger partial charge in [-0.25, -0.2) is 4.79 Å². The number of aryl methyl sites for hydroxylation is 1. The minimum Gasteiger partial charge on any atom is -0.351 e. The Morgan fingerprint density at radius 3 is 2.95 bits per heavy atom. The minimum atomic E-state index is -1.01. The van der Waals surface area contributed by atoms with Crippen LogP contribution in [0, 0.1) is 0 Å². The second-order valence-corrected chi connectivity index (χ2v) is 5.48. The number of hydrogen-bond donors (Lipinski definition) is 2. The Morgan fingerprint density at radius 1 is 1.41 bits per heavy atom. The highest BCUT2D eigenvalue weighted by atomic mass is 16.2. The van der Waals surface area contributed by atoms with E-state index in [9.17, 15) is 14.4 Å². The van der Waals surface area contributed by atoms with Gasteiger partial charge in [0.15, 0.2) is 0 Å². The zero-order valence-corrected chi connectivity index (χ0v) is 12.1. The monoisotopic (exact) mass is 299 g/mol. The molecule has 2 N–H and O–H groups in total. The van der Waals surface area contributed by atoms with E-state index in [-0.39, 0.29) is 18.4 Å². The first-order valence-corrected chi connectivity index (χ1v) is 7.18. The fourth-order valence-electron chi connectivity index (χ4n) is 3.12. The summed E-state index contributed by atoms with van der Waals surface area (Å²) in [6, 6.07) is 7.07. The van der Waals surface area contributed by atoms with Gasteiger partial charge in [-0.3, -0.25) is 14.5 Å². The Bertz CT molecular complexity index is 670. The number of nitrogens with zero attached hydrogens (tertiary/aromatic N) is 1. The number of benzene rings is 1. The number of nitrogens with one attached hydrogen (secondary N) is 2. The van der Waals surface area contributed by atoms with E-state index in [0.717, 1.165) is 22.4 Å². The van der Waals surface area contributed by atoms with Crippen LogP contribution in [0.25, 0.3) is 0 Å². The summed E-state index contributed by atoms with van der Waals surface area (Å²) in [7, 11) is 0. The molecule has 6 heteroatoms. The van der Waals surface area contributed by atoms with Gasteiger partial charge in [-0.05, 0) is 24.0 Å². The van der Waals surface area contributed by atoms with Crippen LogP contribution in [-0.4, -0.2) is 35.8 Å². The maximum atomic E-state index is 12.8. The topological polar surface area (TPSA) is 78.5 Å². The first-order valence-electron chi connectivity index (χ1n) is 7.18. The standard InChI is InChI=1S/C16H17N3O3/c1-2-9-17-13(20)10-19-14(21)16(18-15(19)22)8-7-11-5-3-4-6-12(11)16/h2-6H,1,7-10H2,(H,17,20)(H,18,22). The zero-order valence-electron chi connectivity index (χ0n) is 12.1. The summed E-state index contributed by atoms with van der Waals surface area (Å²) < 4.78 is 0. The molecule has 1 spiro atoms. The van der Waals surface area contributed by atoms with Crippen molar-refractivity contribution in [2.75, 3.05) is 13.1 Å². The number of hydrogen-bond acceptors (Lipinski definition) is 3. The number of urea groups is 1. The lowest BCUT2D eigenvalue weighted by Gasteiger charge is -2.22. The first-order chi connectivity index (χ1) is 10.6. The number of amides is 4. The SMILES string of the molecule is C=CCNC(=O)CN1C(=O)NC2(CCc3ccccc32)C1=O. The molecular weight excluding hydrogens is 282 g/mol. The quantitative estimate of drug-likeness (QED) is 0.634. The fraction of sp³-hybridized carbons (Fsp3) is 0.312. The summed E-state index contributed by atoms with van der Waals surface area (Å²) in [5, 5.41) is 5.35. The largest absolute Gasteiger partial charge is 0.351 e. The molecule has 0 bridgehead atoms. The molecule has 114 valence electrons. The minimum absolute atomic E-state index is 0.275. The van der Waals surface area contributed by atoms with Crippen LogP contribution in [0.15, 0.2) is 36.9 Å². The summed E-state index contributed by atoms with van der Waals surface area (Å²) in [6.45, 7) is 3.53. The third-order valence-electron chi connectivity index (χ3n) is 4.17. The van der Waals surface area contributed by atoms with Gasteiger partial charge in [0.1, 0.15) is 12.1 Å². The molecule has 0 saturated carbocycles. The summed E-state index contributed by atoms with van der Waals surface area (Å²) in [6.07, 6.45) is 2.80. The van der Waals surface area contributed by atoms with Gasteiger partial charge in [0, 0.05) is 6.54 Å². The van der Waals surface area contributed by atoms with Gasteiger partial charge in [0.2, 0.25) is 5.91 Å². The van der Waals surface area contributed by atoms with Gasteiger partial charge in [-0.2, -0.15) is 0 Å². The van der Waals surface area contributed by atoms with Gasteiger partial charge in [-0.15, -0.1) is 6.58 Å². The molecule has 1 atom stereocenters. The number of carbonyl (C=O) groups excluding carboxylic acids is 3. The summed E-state index contributed by atoms with van der Waals surface area (Å²) in [5.41, 5.74) is 0.892. The van der Waals surface area contributed by atoms with E-state index < -0.39 is 11.6 Å². The molecule has 1 unspecified atom stereocenters. The molecule has 22 heavy (non-hydrogen) atoms. The van der Waals surface area contributed by atoms with Crippen LogP contribution >= 0.6 is 0 Å². The van der Waals surface area contributed by atoms with Crippen molar-refractivity contribution in [1.82, 2.24) is 15.5 Å². The lowest BCUT2D eigenvalue weighted by Crippen LogP contribution is -2.43. The Hall–Kier alpha value is -2.63. The molecule has 1 aromatic carbocycles. The van der Waals surface area contributed by atoms with Crippen molar-refractivity contribution in [2.24, 2.45) is 0 Å². The lowest BCUT2D eigenvalue weighted by molar-refractivity contribution is -0.135. The Morgan fingerprint density at radius 2 is 2.18 bits per heavy atom. The third kappa shape index (κ3) is 2.07. The van der Waals surface area contributed by atoms with Crippen molar-refractivity contribution in [1.29, 1.82) is 0 Å². The van der Waals surface area contributed by atoms with Crippen molar-refractivity contribution in [3.8, 4) is 0 Å². The van der Waals surface area contributed by atoms with E-state index in [1.807, 2.05) is 24.3 Å². The maximum Gasteiger partial charge on any atom is 0.325 e. The number of rotatable bonds is 4. The average molecular weight is 299 g/mol.